The van der Waals surface area contributed by atoms with Crippen molar-refractivity contribution in [3.05, 3.63) is 114 Å². The fourth-order valence-electron chi connectivity index (χ4n) is 4.83. The van der Waals surface area contributed by atoms with E-state index in [0.29, 0.717) is 35.0 Å². The second kappa shape index (κ2) is 15.1. The predicted octanol–water partition coefficient (Wildman–Crippen LogP) is 7.35. The minimum absolute atomic E-state index is 0.294. The van der Waals surface area contributed by atoms with Crippen LogP contribution in [0.4, 0.5) is 21.0 Å². The Kier molecular flexibility index (Phi) is 10.7. The molecular formula is C37H37N3O7S. The zero-order chi connectivity index (χ0) is 34.3. The van der Waals surface area contributed by atoms with Crippen LogP contribution in [0.5, 0.6) is 17.2 Å². The zero-order valence-corrected chi connectivity index (χ0v) is 28.0. The molecule has 0 aromatic heterocycles. The number of hydrogen-bond donors (Lipinski definition) is 2. The van der Waals surface area contributed by atoms with Gasteiger partial charge in [-0.15, -0.1) is 0 Å². The third-order valence-electron chi connectivity index (χ3n) is 7.16. The summed E-state index contributed by atoms with van der Waals surface area (Å²) < 4.78 is 17.4. The fourth-order valence-corrected chi connectivity index (χ4v) is 5.69. The highest BCUT2D eigenvalue weighted by Gasteiger charge is 2.31. The van der Waals surface area contributed by atoms with Crippen molar-refractivity contribution in [1.82, 2.24) is 5.32 Å². The Morgan fingerprint density at radius 3 is 2.10 bits per heavy atom. The largest absolute Gasteiger partial charge is 0.484 e. The van der Waals surface area contributed by atoms with Gasteiger partial charge < -0.3 is 19.5 Å². The third kappa shape index (κ3) is 9.62. The van der Waals surface area contributed by atoms with Crippen molar-refractivity contribution >= 4 is 46.3 Å². The molecule has 248 valence electrons. The first kappa shape index (κ1) is 34.1. The Balaban J connectivity index is 1.24. The van der Waals surface area contributed by atoms with Crippen molar-refractivity contribution in [3.8, 4) is 17.2 Å². The molecule has 48 heavy (non-hydrogen) atoms. The molecule has 1 fully saturated rings. The number of nitrogens with zero attached hydrogens (tertiary/aromatic N) is 1. The van der Waals surface area contributed by atoms with Gasteiger partial charge in [-0.1, -0.05) is 66.4 Å². The van der Waals surface area contributed by atoms with Gasteiger partial charge in [0.25, 0.3) is 11.1 Å². The molecule has 0 spiro atoms. The number of hydrogen-bond acceptors (Lipinski definition) is 8. The quantitative estimate of drug-likeness (QED) is 0.170. The molecule has 5 rings (SSSR count). The van der Waals surface area contributed by atoms with E-state index in [1.807, 2.05) is 42.5 Å². The number of benzene rings is 4. The smallest absolute Gasteiger partial charge is 0.414 e. The van der Waals surface area contributed by atoms with Crippen LogP contribution in [0.15, 0.2) is 97.1 Å². The van der Waals surface area contributed by atoms with Crippen molar-refractivity contribution in [1.29, 1.82) is 0 Å². The lowest BCUT2D eigenvalue weighted by Crippen LogP contribution is -2.34. The normalized spacial score (nSPS) is 14.2. The van der Waals surface area contributed by atoms with Crippen LogP contribution in [0.3, 0.4) is 0 Å². The van der Waals surface area contributed by atoms with Crippen LogP contribution in [0.2, 0.25) is 0 Å². The topological polar surface area (TPSA) is 123 Å². The van der Waals surface area contributed by atoms with Gasteiger partial charge in [-0.25, -0.2) is 4.79 Å². The van der Waals surface area contributed by atoms with E-state index in [1.54, 1.807) is 70.3 Å². The van der Waals surface area contributed by atoms with Crippen LogP contribution in [0.1, 0.15) is 37.5 Å². The predicted molar refractivity (Wildman–Crippen MR) is 186 cm³/mol. The molecule has 1 aliphatic rings. The lowest BCUT2D eigenvalue weighted by Gasteiger charge is -2.26. The first-order chi connectivity index (χ1) is 22.9. The molecule has 1 atom stereocenters. The van der Waals surface area contributed by atoms with Crippen molar-refractivity contribution in [3.63, 3.8) is 0 Å². The van der Waals surface area contributed by atoms with E-state index in [4.69, 9.17) is 14.2 Å². The van der Waals surface area contributed by atoms with Gasteiger partial charge in [-0.2, -0.15) is 0 Å². The molecule has 4 aromatic carbocycles. The lowest BCUT2D eigenvalue weighted by atomic mass is 10.1. The summed E-state index contributed by atoms with van der Waals surface area (Å²) in [7, 11) is 1.56. The van der Waals surface area contributed by atoms with Gasteiger partial charge in [-0.05, 0) is 86.7 Å². The first-order valence-corrected chi connectivity index (χ1v) is 16.2. The highest BCUT2D eigenvalue weighted by Crippen LogP contribution is 2.33. The molecule has 11 heteroatoms. The minimum atomic E-state index is -0.729. The van der Waals surface area contributed by atoms with Crippen LogP contribution in [0.25, 0.3) is 0 Å². The molecular weight excluding hydrogens is 630 g/mol. The van der Waals surface area contributed by atoms with Gasteiger partial charge in [0.05, 0.1) is 16.6 Å². The molecule has 0 saturated carbocycles. The van der Waals surface area contributed by atoms with E-state index in [-0.39, 0.29) is 17.8 Å². The number of ether oxygens (including phenoxy) is 3. The molecule has 1 unspecified atom stereocenters. The summed E-state index contributed by atoms with van der Waals surface area (Å²) >= 11 is 0.973. The van der Waals surface area contributed by atoms with E-state index in [0.717, 1.165) is 29.3 Å². The Morgan fingerprint density at radius 2 is 1.46 bits per heavy atom. The SMILES string of the molecule is CN(C(=O)OC(C)(C)C)c1cc(Oc2ccc(Cc3ccccc3)cc2)ccc1NC(=O)COc1ccc(CC2SC(=O)NC2=O)cc1. The van der Waals surface area contributed by atoms with E-state index in [2.05, 4.69) is 22.8 Å². The van der Waals surface area contributed by atoms with Gasteiger partial charge in [0, 0.05) is 13.1 Å². The Hall–Kier alpha value is -5.29. The van der Waals surface area contributed by atoms with Crippen molar-refractivity contribution in [2.75, 3.05) is 23.9 Å². The molecule has 4 aromatic rings. The van der Waals surface area contributed by atoms with Crippen LogP contribution in [-0.2, 0) is 27.2 Å². The van der Waals surface area contributed by atoms with E-state index in [1.165, 1.54) is 10.5 Å². The molecule has 0 bridgehead atoms. The monoisotopic (exact) mass is 667 g/mol. The second-order valence-corrected chi connectivity index (χ2v) is 13.4. The lowest BCUT2D eigenvalue weighted by molar-refractivity contribution is -0.119. The van der Waals surface area contributed by atoms with Crippen molar-refractivity contribution in [2.45, 2.75) is 44.5 Å². The Bertz CT molecular complexity index is 1770. The number of carbonyl (C=O) groups excluding carboxylic acids is 4. The summed E-state index contributed by atoms with van der Waals surface area (Å²) in [4.78, 5) is 50.6. The van der Waals surface area contributed by atoms with Gasteiger partial charge in [0.15, 0.2) is 6.61 Å². The van der Waals surface area contributed by atoms with Crippen LogP contribution in [-0.4, -0.2) is 47.7 Å². The fraction of sp³-hybridized carbons (Fsp3) is 0.243. The van der Waals surface area contributed by atoms with Crippen LogP contribution in [0, 0.1) is 0 Å². The summed E-state index contributed by atoms with van der Waals surface area (Å²) in [6.45, 7) is 5.03. The van der Waals surface area contributed by atoms with Gasteiger partial charge >= 0.3 is 6.09 Å². The van der Waals surface area contributed by atoms with Gasteiger partial charge in [-0.3, -0.25) is 24.6 Å². The summed E-state index contributed by atoms with van der Waals surface area (Å²) in [6, 6.07) is 30.0. The maximum atomic E-state index is 13.0. The van der Waals surface area contributed by atoms with Crippen molar-refractivity contribution < 1.29 is 33.4 Å². The van der Waals surface area contributed by atoms with E-state index in [9.17, 15) is 19.2 Å². The van der Waals surface area contributed by atoms with E-state index >= 15 is 0 Å². The summed E-state index contributed by atoms with van der Waals surface area (Å²) in [5, 5.41) is 4.29. The third-order valence-corrected chi connectivity index (χ3v) is 8.14. The van der Waals surface area contributed by atoms with E-state index < -0.39 is 22.9 Å². The Labute approximate surface area is 283 Å². The summed E-state index contributed by atoms with van der Waals surface area (Å²) in [5.41, 5.74) is 3.21. The first-order valence-electron chi connectivity index (χ1n) is 15.4. The summed E-state index contributed by atoms with van der Waals surface area (Å²) in [5.74, 6) is 0.791. The highest BCUT2D eigenvalue weighted by atomic mass is 32.2. The van der Waals surface area contributed by atoms with Gasteiger partial charge in [0.2, 0.25) is 5.91 Å². The number of anilines is 2. The zero-order valence-electron chi connectivity index (χ0n) is 27.1. The van der Waals surface area contributed by atoms with Crippen LogP contribution < -0.4 is 25.0 Å². The number of carbonyl (C=O) groups is 4. The second-order valence-electron chi connectivity index (χ2n) is 12.2. The number of nitrogens with one attached hydrogen (secondary N) is 2. The van der Waals surface area contributed by atoms with Gasteiger partial charge in [0.1, 0.15) is 22.8 Å². The molecule has 1 heterocycles. The average Bonchev–Trinajstić information content (AvgIpc) is 3.37. The maximum Gasteiger partial charge on any atom is 0.414 e. The highest BCUT2D eigenvalue weighted by molar-refractivity contribution is 8.15. The Morgan fingerprint density at radius 1 is 0.833 bits per heavy atom. The van der Waals surface area contributed by atoms with Crippen LogP contribution >= 0.6 is 11.8 Å². The summed E-state index contributed by atoms with van der Waals surface area (Å²) in [6.07, 6.45) is 0.601. The molecule has 0 radical (unpaired) electrons. The average molecular weight is 668 g/mol. The van der Waals surface area contributed by atoms with Crippen molar-refractivity contribution in [2.24, 2.45) is 0 Å². The standard InChI is InChI=1S/C37H37N3O7S/c1-37(2,3)47-36(44)40(4)31-22-29(46-28-16-12-25(13-17-28)20-24-8-6-5-7-9-24)18-19-30(31)38-33(41)23-45-27-14-10-26(11-15-27)21-32-34(42)39-35(43)48-32/h5-19,22,32H,20-21,23H2,1-4H3,(H,38,41)(H,39,42,43). The molecule has 2 N–H and O–H groups in total. The maximum absolute atomic E-state index is 13.0. The molecule has 0 aliphatic carbocycles. The molecule has 1 saturated heterocycles. The number of rotatable bonds is 11. The molecule has 4 amide bonds. The minimum Gasteiger partial charge on any atom is -0.484 e. The molecule has 10 nitrogen and oxygen atoms in total. The number of amides is 4. The number of imide groups is 1. The molecule has 1 aliphatic heterocycles. The number of thioether (sulfide) groups is 1.